The first-order chi connectivity index (χ1) is 7.68. The van der Waals surface area contributed by atoms with Crippen LogP contribution in [0, 0.1) is 0 Å². The topological polar surface area (TPSA) is 35.1 Å². The summed E-state index contributed by atoms with van der Waals surface area (Å²) in [5.74, 6) is 0. The Morgan fingerprint density at radius 1 is 1.31 bits per heavy atom. The molecule has 3 nitrogen and oxygen atoms in total. The van der Waals surface area contributed by atoms with E-state index in [9.17, 15) is 4.79 Å². The van der Waals surface area contributed by atoms with Crippen molar-refractivity contribution < 1.29 is 4.42 Å². The Morgan fingerprint density at radius 2 is 2.06 bits per heavy atom. The molecule has 0 bridgehead atoms. The summed E-state index contributed by atoms with van der Waals surface area (Å²) >= 11 is 3.37. The second kappa shape index (κ2) is 3.22. The van der Waals surface area contributed by atoms with Gasteiger partial charge in [0.2, 0.25) is 11.1 Å². The Kier molecular flexibility index (Phi) is 1.94. The molecule has 0 radical (unpaired) electrons. The van der Waals surface area contributed by atoms with Crippen molar-refractivity contribution in [2.75, 3.05) is 0 Å². The van der Waals surface area contributed by atoms with Gasteiger partial charge >= 0.3 is 0 Å². The number of aromatic nitrogens is 1. The largest absolute Gasteiger partial charge is 0.439 e. The number of fused-ring (bicyclic) bond motifs is 2. The molecule has 0 atom stereocenters. The molecule has 2 heterocycles. The predicted octanol–water partition coefficient (Wildman–Crippen LogP) is 3.05. The van der Waals surface area contributed by atoms with Crippen LogP contribution in [0.3, 0.4) is 0 Å². The Bertz CT molecular complexity index is 755. The normalized spacial score (nSPS) is 11.4. The maximum atomic E-state index is 12.2. The van der Waals surface area contributed by atoms with Crippen LogP contribution in [0.2, 0.25) is 0 Å². The van der Waals surface area contributed by atoms with Crippen molar-refractivity contribution in [3.8, 4) is 0 Å². The molecule has 0 saturated carbocycles. The third-order valence-corrected chi connectivity index (χ3v) is 3.25. The monoisotopic (exact) mass is 277 g/mol. The van der Waals surface area contributed by atoms with E-state index in [1.165, 1.54) is 0 Å². The molecule has 0 fully saturated rings. The second-order valence-corrected chi connectivity index (χ2v) is 4.55. The first kappa shape index (κ1) is 9.66. The summed E-state index contributed by atoms with van der Waals surface area (Å²) in [6.07, 6.45) is 1.83. The van der Waals surface area contributed by atoms with E-state index in [1.54, 1.807) is 16.7 Å². The first-order valence-electron chi connectivity index (χ1n) is 4.85. The molecular formula is C12H8BrNO2. The Hall–Kier alpha value is -1.55. The maximum Gasteiger partial charge on any atom is 0.212 e. The van der Waals surface area contributed by atoms with E-state index in [0.29, 0.717) is 22.1 Å². The summed E-state index contributed by atoms with van der Waals surface area (Å²) in [6, 6.07) is 7.27. The molecule has 16 heavy (non-hydrogen) atoms. The lowest BCUT2D eigenvalue weighted by atomic mass is 10.2. The fourth-order valence-corrected chi connectivity index (χ4v) is 2.54. The number of hydrogen-bond acceptors (Lipinski definition) is 2. The van der Waals surface area contributed by atoms with Gasteiger partial charge in [-0.15, -0.1) is 0 Å². The minimum atomic E-state index is 0.00400. The minimum absolute atomic E-state index is 0.00400. The highest BCUT2D eigenvalue weighted by Gasteiger charge is 2.13. The third kappa shape index (κ3) is 1.16. The quantitative estimate of drug-likeness (QED) is 0.633. The van der Waals surface area contributed by atoms with Gasteiger partial charge in [0.05, 0.1) is 15.2 Å². The van der Waals surface area contributed by atoms with E-state index in [-0.39, 0.29) is 5.43 Å². The van der Waals surface area contributed by atoms with E-state index < -0.39 is 0 Å². The number of halogens is 1. The molecule has 0 saturated heterocycles. The van der Waals surface area contributed by atoms with Crippen LogP contribution in [0.5, 0.6) is 0 Å². The average molecular weight is 278 g/mol. The number of para-hydroxylation sites is 1. The van der Waals surface area contributed by atoms with Gasteiger partial charge < -0.3 is 8.98 Å². The van der Waals surface area contributed by atoms with Gasteiger partial charge in [-0.05, 0) is 28.1 Å². The highest BCUT2D eigenvalue weighted by molar-refractivity contribution is 9.10. The highest BCUT2D eigenvalue weighted by atomic mass is 79.9. The first-order valence-corrected chi connectivity index (χ1v) is 5.64. The van der Waals surface area contributed by atoms with Crippen LogP contribution in [0.1, 0.15) is 0 Å². The molecule has 1 aromatic carbocycles. The van der Waals surface area contributed by atoms with Gasteiger partial charge in [0, 0.05) is 13.2 Å². The number of nitrogens with zero attached hydrogens (tertiary/aromatic N) is 1. The van der Waals surface area contributed by atoms with Crippen molar-refractivity contribution in [2.45, 2.75) is 0 Å². The lowest BCUT2D eigenvalue weighted by molar-refractivity contribution is 0.622. The van der Waals surface area contributed by atoms with Crippen LogP contribution in [0.15, 0.2) is 44.1 Å². The zero-order valence-electron chi connectivity index (χ0n) is 8.53. The van der Waals surface area contributed by atoms with Crippen molar-refractivity contribution in [1.82, 2.24) is 4.57 Å². The summed E-state index contributed by atoms with van der Waals surface area (Å²) in [5, 5.41) is 1.21. The number of rotatable bonds is 0. The molecule has 0 amide bonds. The molecule has 0 aliphatic rings. The molecular weight excluding hydrogens is 270 g/mol. The van der Waals surface area contributed by atoms with Gasteiger partial charge in [-0.1, -0.05) is 12.1 Å². The predicted molar refractivity (Wildman–Crippen MR) is 66.7 cm³/mol. The van der Waals surface area contributed by atoms with Gasteiger partial charge in [-0.2, -0.15) is 0 Å². The fraction of sp³-hybridized carbons (Fsp3) is 0.0833. The van der Waals surface area contributed by atoms with E-state index in [1.807, 2.05) is 25.4 Å². The molecule has 3 aromatic rings. The van der Waals surface area contributed by atoms with Crippen molar-refractivity contribution in [2.24, 2.45) is 7.05 Å². The lowest BCUT2D eigenvalue weighted by Crippen LogP contribution is -2.01. The summed E-state index contributed by atoms with van der Waals surface area (Å²) in [5.41, 5.74) is 1.22. The van der Waals surface area contributed by atoms with Crippen LogP contribution in [0.4, 0.5) is 0 Å². The highest BCUT2D eigenvalue weighted by Crippen LogP contribution is 2.25. The lowest BCUT2D eigenvalue weighted by Gasteiger charge is -1.98. The van der Waals surface area contributed by atoms with Gasteiger partial charge in [0.15, 0.2) is 0 Å². The molecule has 2 aromatic heterocycles. The van der Waals surface area contributed by atoms with E-state index in [4.69, 9.17) is 4.42 Å². The van der Waals surface area contributed by atoms with E-state index >= 15 is 0 Å². The van der Waals surface area contributed by atoms with Crippen LogP contribution >= 0.6 is 15.9 Å². The van der Waals surface area contributed by atoms with Crippen LogP contribution < -0.4 is 5.43 Å². The van der Waals surface area contributed by atoms with Gasteiger partial charge in [0.25, 0.3) is 0 Å². The van der Waals surface area contributed by atoms with E-state index in [2.05, 4.69) is 15.9 Å². The third-order valence-electron chi connectivity index (χ3n) is 2.65. The van der Waals surface area contributed by atoms with Crippen molar-refractivity contribution >= 4 is 38.0 Å². The smallest absolute Gasteiger partial charge is 0.212 e. The zero-order valence-corrected chi connectivity index (χ0v) is 10.1. The molecule has 0 N–H and O–H groups in total. The summed E-state index contributed by atoms with van der Waals surface area (Å²) < 4.78 is 8.28. The van der Waals surface area contributed by atoms with E-state index in [0.717, 1.165) is 4.47 Å². The second-order valence-electron chi connectivity index (χ2n) is 3.70. The molecule has 0 aliphatic carbocycles. The minimum Gasteiger partial charge on any atom is -0.439 e. The molecule has 0 aliphatic heterocycles. The van der Waals surface area contributed by atoms with Gasteiger partial charge in [-0.25, -0.2) is 0 Å². The van der Waals surface area contributed by atoms with Gasteiger partial charge in [-0.3, -0.25) is 4.79 Å². The molecule has 3 rings (SSSR count). The standard InChI is InChI=1S/C12H8BrNO2/c1-14-6-8(13)10-11(15)7-4-2-3-5-9(7)16-12(10)14/h2-6H,1H3. The Labute approximate surface area is 99.4 Å². The molecule has 4 heteroatoms. The van der Waals surface area contributed by atoms with Crippen LogP contribution in [0.25, 0.3) is 22.1 Å². The van der Waals surface area contributed by atoms with Crippen LogP contribution in [-0.2, 0) is 7.05 Å². The van der Waals surface area contributed by atoms with Crippen molar-refractivity contribution in [3.63, 3.8) is 0 Å². The maximum absolute atomic E-state index is 12.2. The SMILES string of the molecule is Cn1cc(Br)c2c(=O)c3ccccc3oc21. The molecule has 0 spiro atoms. The van der Waals surface area contributed by atoms with Gasteiger partial charge in [0.1, 0.15) is 5.58 Å². The summed E-state index contributed by atoms with van der Waals surface area (Å²) in [7, 11) is 1.85. The van der Waals surface area contributed by atoms with Crippen molar-refractivity contribution in [1.29, 1.82) is 0 Å². The summed E-state index contributed by atoms with van der Waals surface area (Å²) in [6.45, 7) is 0. The van der Waals surface area contributed by atoms with Crippen LogP contribution in [-0.4, -0.2) is 4.57 Å². The summed E-state index contributed by atoms with van der Waals surface area (Å²) in [4.78, 5) is 12.2. The Balaban J connectivity index is 2.69. The number of hydrogen-bond donors (Lipinski definition) is 0. The zero-order chi connectivity index (χ0) is 11.3. The number of aryl methyl sites for hydroxylation is 1. The molecule has 80 valence electrons. The Morgan fingerprint density at radius 3 is 2.88 bits per heavy atom. The number of benzene rings is 1. The average Bonchev–Trinajstić information content (AvgIpc) is 2.55. The van der Waals surface area contributed by atoms with Crippen molar-refractivity contribution in [3.05, 3.63) is 45.2 Å². The molecule has 0 unspecified atom stereocenters. The fourth-order valence-electron chi connectivity index (χ4n) is 1.88.